The largest absolute Gasteiger partial charge is 0.323 e. The Morgan fingerprint density at radius 3 is 2.65 bits per heavy atom. The van der Waals surface area contributed by atoms with Gasteiger partial charge in [0.2, 0.25) is 5.91 Å². The first-order valence-electron chi connectivity index (χ1n) is 8.91. The van der Waals surface area contributed by atoms with E-state index in [1.54, 1.807) is 6.07 Å². The first-order valence-corrected chi connectivity index (χ1v) is 9.29. The molecule has 0 spiro atoms. The summed E-state index contributed by atoms with van der Waals surface area (Å²) in [5.41, 5.74) is 1.59. The van der Waals surface area contributed by atoms with Crippen LogP contribution in [0.15, 0.2) is 18.2 Å². The number of carbonyl (C=O) groups is 1. The lowest BCUT2D eigenvalue weighted by atomic mass is 9.95. The molecule has 0 saturated heterocycles. The summed E-state index contributed by atoms with van der Waals surface area (Å²) in [5, 5.41) is 12.2. The summed E-state index contributed by atoms with van der Waals surface area (Å²) in [5.74, 6) is 1.84. The molecule has 1 aliphatic rings. The summed E-state index contributed by atoms with van der Waals surface area (Å²) in [7, 11) is 0. The van der Waals surface area contributed by atoms with Crippen LogP contribution in [0.3, 0.4) is 0 Å². The fraction of sp³-hybridized carbons (Fsp3) is 0.526. The molecule has 3 rings (SSSR count). The van der Waals surface area contributed by atoms with E-state index in [1.807, 2.05) is 26.0 Å². The quantitative estimate of drug-likeness (QED) is 0.893. The third kappa shape index (κ3) is 3.62. The van der Waals surface area contributed by atoms with Crippen molar-refractivity contribution in [2.24, 2.45) is 0 Å². The average molecular weight is 376 g/mol. The molecule has 0 fully saturated rings. The lowest BCUT2D eigenvalue weighted by Crippen LogP contribution is -2.46. The number of para-hydroxylation sites is 1. The molecule has 1 aliphatic heterocycles. The van der Waals surface area contributed by atoms with Crippen molar-refractivity contribution in [3.8, 4) is 0 Å². The van der Waals surface area contributed by atoms with Crippen molar-refractivity contribution in [1.82, 2.24) is 19.7 Å². The maximum atomic E-state index is 12.7. The minimum atomic E-state index is -0.283. The average Bonchev–Trinajstić information content (AvgIpc) is 3.00. The van der Waals surface area contributed by atoms with Crippen LogP contribution in [0, 0.1) is 6.92 Å². The van der Waals surface area contributed by atoms with E-state index in [0.717, 1.165) is 30.3 Å². The van der Waals surface area contributed by atoms with E-state index in [9.17, 15) is 4.79 Å². The molecule has 1 unspecified atom stereocenters. The minimum absolute atomic E-state index is 0.0437. The number of fused-ring (bicyclic) bond motifs is 1. The predicted molar refractivity (Wildman–Crippen MR) is 103 cm³/mol. The molecule has 7 heteroatoms. The second kappa shape index (κ2) is 7.00. The van der Waals surface area contributed by atoms with Crippen LogP contribution < -0.4 is 5.32 Å². The summed E-state index contributed by atoms with van der Waals surface area (Å²) in [6.07, 6.45) is 0. The molecule has 140 valence electrons. The highest BCUT2D eigenvalue weighted by atomic mass is 35.5. The van der Waals surface area contributed by atoms with Crippen molar-refractivity contribution in [1.29, 1.82) is 0 Å². The molecule has 0 radical (unpaired) electrons. The van der Waals surface area contributed by atoms with Gasteiger partial charge in [0.15, 0.2) is 0 Å². The lowest BCUT2D eigenvalue weighted by molar-refractivity contribution is -0.121. The molecule has 0 saturated carbocycles. The van der Waals surface area contributed by atoms with Crippen LogP contribution in [-0.2, 0) is 23.3 Å². The molecule has 0 bridgehead atoms. The van der Waals surface area contributed by atoms with Gasteiger partial charge in [0.05, 0.1) is 23.3 Å². The standard InChI is InChI=1S/C19H26ClN5O/c1-12-7-6-8-14(20)16(12)21-17(26)13(2)24-9-10-25-15(11-24)22-23-18(25)19(3,4)5/h6-8,13H,9-11H2,1-5H3,(H,21,26). The highest BCUT2D eigenvalue weighted by Crippen LogP contribution is 2.27. The number of benzene rings is 1. The van der Waals surface area contributed by atoms with E-state index in [-0.39, 0.29) is 17.4 Å². The molecule has 26 heavy (non-hydrogen) atoms. The summed E-state index contributed by atoms with van der Waals surface area (Å²) in [6, 6.07) is 5.31. The van der Waals surface area contributed by atoms with E-state index in [1.165, 1.54) is 0 Å². The topological polar surface area (TPSA) is 63.1 Å². The number of nitrogens with zero attached hydrogens (tertiary/aromatic N) is 4. The monoisotopic (exact) mass is 375 g/mol. The van der Waals surface area contributed by atoms with Gasteiger partial charge < -0.3 is 9.88 Å². The first-order chi connectivity index (χ1) is 12.2. The summed E-state index contributed by atoms with van der Waals surface area (Å²) in [4.78, 5) is 14.9. The van der Waals surface area contributed by atoms with Gasteiger partial charge in [0, 0.05) is 18.5 Å². The van der Waals surface area contributed by atoms with Gasteiger partial charge in [0.25, 0.3) is 0 Å². The van der Waals surface area contributed by atoms with Gasteiger partial charge >= 0.3 is 0 Å². The minimum Gasteiger partial charge on any atom is -0.323 e. The Balaban J connectivity index is 1.72. The van der Waals surface area contributed by atoms with Crippen LogP contribution in [-0.4, -0.2) is 38.2 Å². The van der Waals surface area contributed by atoms with Gasteiger partial charge in [-0.1, -0.05) is 44.5 Å². The van der Waals surface area contributed by atoms with Crippen LogP contribution >= 0.6 is 11.6 Å². The van der Waals surface area contributed by atoms with E-state index in [2.05, 4.69) is 45.8 Å². The molecular formula is C19H26ClN5O. The molecule has 1 atom stereocenters. The molecular weight excluding hydrogens is 350 g/mol. The van der Waals surface area contributed by atoms with Crippen molar-refractivity contribution in [3.05, 3.63) is 40.4 Å². The summed E-state index contributed by atoms with van der Waals surface area (Å²) < 4.78 is 2.18. The number of halogens is 1. The Morgan fingerprint density at radius 1 is 1.27 bits per heavy atom. The van der Waals surface area contributed by atoms with E-state index >= 15 is 0 Å². The Hall–Kier alpha value is -1.92. The number of hydrogen-bond acceptors (Lipinski definition) is 4. The van der Waals surface area contributed by atoms with Crippen LogP contribution in [0.5, 0.6) is 0 Å². The van der Waals surface area contributed by atoms with E-state index in [4.69, 9.17) is 11.6 Å². The van der Waals surface area contributed by atoms with Crippen LogP contribution in [0.25, 0.3) is 0 Å². The normalized spacial score (nSPS) is 16.2. The van der Waals surface area contributed by atoms with Crippen molar-refractivity contribution in [3.63, 3.8) is 0 Å². The van der Waals surface area contributed by atoms with Gasteiger partial charge in [-0.05, 0) is 25.5 Å². The predicted octanol–water partition coefficient (Wildman–Crippen LogP) is 3.38. The SMILES string of the molecule is Cc1cccc(Cl)c1NC(=O)C(C)N1CCn2c(nnc2C(C)(C)C)C1. The number of anilines is 1. The van der Waals surface area contributed by atoms with Crippen molar-refractivity contribution in [2.75, 3.05) is 11.9 Å². The molecule has 1 aromatic carbocycles. The molecule has 1 N–H and O–H groups in total. The molecule has 2 heterocycles. The lowest BCUT2D eigenvalue weighted by Gasteiger charge is -2.33. The van der Waals surface area contributed by atoms with Crippen LogP contribution in [0.4, 0.5) is 5.69 Å². The number of aryl methyl sites for hydroxylation is 1. The Morgan fingerprint density at radius 2 is 2.00 bits per heavy atom. The Bertz CT molecular complexity index is 804. The fourth-order valence-electron chi connectivity index (χ4n) is 3.25. The van der Waals surface area contributed by atoms with Gasteiger partial charge in [0.1, 0.15) is 11.6 Å². The maximum absolute atomic E-state index is 12.7. The third-order valence-electron chi connectivity index (χ3n) is 4.85. The van der Waals surface area contributed by atoms with Crippen LogP contribution in [0.2, 0.25) is 5.02 Å². The smallest absolute Gasteiger partial charge is 0.241 e. The second-order valence-corrected chi connectivity index (χ2v) is 8.32. The van der Waals surface area contributed by atoms with E-state index in [0.29, 0.717) is 17.3 Å². The zero-order valence-electron chi connectivity index (χ0n) is 16.0. The number of amides is 1. The molecule has 6 nitrogen and oxygen atoms in total. The summed E-state index contributed by atoms with van der Waals surface area (Å²) in [6.45, 7) is 12.4. The van der Waals surface area contributed by atoms with E-state index < -0.39 is 0 Å². The van der Waals surface area contributed by atoms with Crippen molar-refractivity contribution < 1.29 is 4.79 Å². The Labute approximate surface area is 159 Å². The zero-order valence-corrected chi connectivity index (χ0v) is 16.8. The van der Waals surface area contributed by atoms with Gasteiger partial charge in [-0.2, -0.15) is 0 Å². The maximum Gasteiger partial charge on any atom is 0.241 e. The third-order valence-corrected chi connectivity index (χ3v) is 5.17. The molecule has 2 aromatic rings. The number of carbonyl (C=O) groups excluding carboxylic acids is 1. The van der Waals surface area contributed by atoms with Gasteiger partial charge in [-0.25, -0.2) is 0 Å². The van der Waals surface area contributed by atoms with Gasteiger partial charge in [-0.15, -0.1) is 10.2 Å². The first kappa shape index (κ1) is 18.9. The summed E-state index contributed by atoms with van der Waals surface area (Å²) >= 11 is 6.23. The highest BCUT2D eigenvalue weighted by molar-refractivity contribution is 6.34. The zero-order chi connectivity index (χ0) is 19.1. The Kier molecular flexibility index (Phi) is 5.08. The number of aromatic nitrogens is 3. The fourth-order valence-corrected chi connectivity index (χ4v) is 3.51. The molecule has 1 amide bonds. The van der Waals surface area contributed by atoms with Gasteiger partial charge in [-0.3, -0.25) is 9.69 Å². The van der Waals surface area contributed by atoms with Crippen LogP contribution in [0.1, 0.15) is 44.9 Å². The highest BCUT2D eigenvalue weighted by Gasteiger charge is 2.31. The van der Waals surface area contributed by atoms with Crippen molar-refractivity contribution in [2.45, 2.75) is 59.2 Å². The number of hydrogen-bond donors (Lipinski definition) is 1. The molecule has 0 aliphatic carbocycles. The van der Waals surface area contributed by atoms with Crippen molar-refractivity contribution >= 4 is 23.2 Å². The number of rotatable bonds is 3. The number of nitrogens with one attached hydrogen (secondary N) is 1. The second-order valence-electron chi connectivity index (χ2n) is 7.91. The molecule has 1 aromatic heterocycles.